The third-order valence-electron chi connectivity index (χ3n) is 2.19. The number of rotatable bonds is 3. The van der Waals surface area contributed by atoms with Crippen LogP contribution in [0.3, 0.4) is 0 Å². The monoisotopic (exact) mass is 325 g/mol. The summed E-state index contributed by atoms with van der Waals surface area (Å²) in [5, 5.41) is 7.29. The summed E-state index contributed by atoms with van der Waals surface area (Å²) in [4.78, 5) is 0.743. The minimum Gasteiger partial charge on any atom is -0.294 e. The molecule has 2 aromatic heterocycles. The second-order valence-corrected chi connectivity index (χ2v) is 7.99. The van der Waals surface area contributed by atoms with Gasteiger partial charge in [-0.15, -0.1) is 21.5 Å². The van der Waals surface area contributed by atoms with Crippen molar-refractivity contribution in [2.75, 3.05) is 0 Å². The lowest BCUT2D eigenvalue weighted by Gasteiger charge is -2.11. The van der Waals surface area contributed by atoms with Gasteiger partial charge in [0.1, 0.15) is 0 Å². The molecular weight excluding hydrogens is 317 g/mol. The maximum absolute atomic E-state index is 11.4. The average Bonchev–Trinajstić information content (AvgIpc) is 2.80. The number of hydrogen-bond acceptors (Lipinski definition) is 5. The van der Waals surface area contributed by atoms with Crippen LogP contribution in [0.25, 0.3) is 10.7 Å². The average molecular weight is 326 g/mol. The highest BCUT2D eigenvalue weighted by atomic mass is 35.7. The van der Waals surface area contributed by atoms with Gasteiger partial charge in [0.25, 0.3) is 14.2 Å². The number of halogens is 2. The first-order valence-electron chi connectivity index (χ1n) is 4.96. The van der Waals surface area contributed by atoms with Gasteiger partial charge in [0.2, 0.25) is 0 Å². The van der Waals surface area contributed by atoms with Crippen LogP contribution in [-0.2, 0) is 9.05 Å². The fourth-order valence-corrected chi connectivity index (χ4v) is 3.52. The molecule has 0 bridgehead atoms. The van der Waals surface area contributed by atoms with E-state index in [0.29, 0.717) is 10.2 Å². The van der Waals surface area contributed by atoms with Crippen molar-refractivity contribution in [3.8, 4) is 10.7 Å². The lowest BCUT2D eigenvalue weighted by molar-refractivity contribution is 0.531. The maximum Gasteiger partial charge on any atom is 0.296 e. The van der Waals surface area contributed by atoms with Crippen LogP contribution in [0.15, 0.2) is 17.3 Å². The van der Waals surface area contributed by atoms with Crippen molar-refractivity contribution >= 4 is 42.7 Å². The number of thiophene rings is 1. The second-order valence-electron chi connectivity index (χ2n) is 3.81. The summed E-state index contributed by atoms with van der Waals surface area (Å²) < 4.78 is 24.9. The molecule has 0 spiro atoms. The minimum absolute atomic E-state index is 0.139. The zero-order chi connectivity index (χ0) is 13.5. The molecule has 0 aliphatic heterocycles. The quantitative estimate of drug-likeness (QED) is 0.813. The van der Waals surface area contributed by atoms with Crippen molar-refractivity contribution in [3.63, 3.8) is 0 Å². The normalized spacial score (nSPS) is 12.3. The van der Waals surface area contributed by atoms with Crippen LogP contribution >= 0.6 is 33.6 Å². The number of hydrogen-bond donors (Lipinski definition) is 0. The first kappa shape index (κ1) is 13.8. The largest absolute Gasteiger partial charge is 0.296 e. The molecule has 0 fully saturated rings. The van der Waals surface area contributed by atoms with Gasteiger partial charge in [0.15, 0.2) is 5.82 Å². The van der Waals surface area contributed by atoms with Crippen LogP contribution < -0.4 is 0 Å². The van der Waals surface area contributed by atoms with Crippen molar-refractivity contribution in [1.29, 1.82) is 0 Å². The molecule has 0 amide bonds. The Labute approximate surface area is 118 Å². The molecule has 0 N–H and O–H groups in total. The highest BCUT2D eigenvalue weighted by Crippen LogP contribution is 2.33. The Morgan fingerprint density at radius 1 is 1.33 bits per heavy atom. The van der Waals surface area contributed by atoms with Gasteiger partial charge in [-0.1, -0.05) is 11.6 Å². The standard InChI is InChI=1S/C9H9Cl2N3O2S2/c1-5(2)14-8(6-3-4-7(10)17-6)12-13-9(14)18(11,15)16/h3-5H,1-2H3. The van der Waals surface area contributed by atoms with E-state index in [9.17, 15) is 8.42 Å². The van der Waals surface area contributed by atoms with Crippen LogP contribution in [0.5, 0.6) is 0 Å². The Hall–Kier alpha value is -0.630. The predicted octanol–water partition coefficient (Wildman–Crippen LogP) is 3.17. The second kappa shape index (κ2) is 4.80. The Morgan fingerprint density at radius 3 is 2.44 bits per heavy atom. The van der Waals surface area contributed by atoms with E-state index in [-0.39, 0.29) is 11.2 Å². The van der Waals surface area contributed by atoms with Crippen LogP contribution in [0.2, 0.25) is 4.34 Å². The van der Waals surface area contributed by atoms with Gasteiger partial charge in [-0.3, -0.25) is 4.57 Å². The van der Waals surface area contributed by atoms with Crippen LogP contribution in [0.4, 0.5) is 0 Å². The number of aromatic nitrogens is 3. The minimum atomic E-state index is -3.93. The van der Waals surface area contributed by atoms with Crippen LogP contribution in [-0.4, -0.2) is 23.2 Å². The molecule has 5 nitrogen and oxygen atoms in total. The Morgan fingerprint density at radius 2 is 2.00 bits per heavy atom. The van der Waals surface area contributed by atoms with E-state index >= 15 is 0 Å². The lowest BCUT2D eigenvalue weighted by Crippen LogP contribution is -2.09. The Kier molecular flexibility index (Phi) is 3.68. The molecule has 0 saturated carbocycles. The molecule has 0 saturated heterocycles. The molecule has 0 radical (unpaired) electrons. The summed E-state index contributed by atoms with van der Waals surface area (Å²) in [7, 11) is 1.41. The molecule has 9 heteroatoms. The van der Waals surface area contributed by atoms with Gasteiger partial charge in [0, 0.05) is 16.7 Å². The maximum atomic E-state index is 11.4. The highest BCUT2D eigenvalue weighted by molar-refractivity contribution is 8.13. The predicted molar refractivity (Wildman–Crippen MR) is 71.8 cm³/mol. The summed E-state index contributed by atoms with van der Waals surface area (Å²) >= 11 is 7.16. The fourth-order valence-electron chi connectivity index (χ4n) is 1.51. The van der Waals surface area contributed by atoms with Crippen LogP contribution in [0.1, 0.15) is 19.9 Å². The third kappa shape index (κ3) is 2.54. The van der Waals surface area contributed by atoms with Gasteiger partial charge in [-0.05, 0) is 26.0 Å². The van der Waals surface area contributed by atoms with E-state index < -0.39 is 9.05 Å². The van der Waals surface area contributed by atoms with Gasteiger partial charge in [0.05, 0.1) is 9.21 Å². The summed E-state index contributed by atoms with van der Waals surface area (Å²) in [5.41, 5.74) is 0. The lowest BCUT2D eigenvalue weighted by atomic mass is 10.3. The molecule has 0 atom stereocenters. The molecule has 2 aromatic rings. The number of nitrogens with zero attached hydrogens (tertiary/aromatic N) is 3. The molecule has 0 aliphatic rings. The Balaban J connectivity index is 2.67. The zero-order valence-corrected chi connectivity index (χ0v) is 12.6. The fraction of sp³-hybridized carbons (Fsp3) is 0.333. The summed E-state index contributed by atoms with van der Waals surface area (Å²) in [6.45, 7) is 3.65. The van der Waals surface area contributed by atoms with E-state index in [0.717, 1.165) is 4.88 Å². The first-order chi connectivity index (χ1) is 8.30. The SMILES string of the molecule is CC(C)n1c(-c2ccc(Cl)s2)nnc1S(=O)(=O)Cl. The van der Waals surface area contributed by atoms with E-state index in [2.05, 4.69) is 10.2 Å². The van der Waals surface area contributed by atoms with Crippen molar-refractivity contribution < 1.29 is 8.42 Å². The zero-order valence-electron chi connectivity index (χ0n) is 9.46. The summed E-state index contributed by atoms with van der Waals surface area (Å²) in [6.07, 6.45) is 0. The van der Waals surface area contributed by atoms with Crippen molar-refractivity contribution in [1.82, 2.24) is 14.8 Å². The molecule has 2 heterocycles. The topological polar surface area (TPSA) is 64.8 Å². The van der Waals surface area contributed by atoms with Crippen molar-refractivity contribution in [3.05, 3.63) is 16.5 Å². The van der Waals surface area contributed by atoms with Gasteiger partial charge < -0.3 is 0 Å². The smallest absolute Gasteiger partial charge is 0.294 e. The summed E-state index contributed by atoms with van der Waals surface area (Å²) in [5.74, 6) is 0.445. The van der Waals surface area contributed by atoms with Crippen molar-refractivity contribution in [2.45, 2.75) is 25.0 Å². The van der Waals surface area contributed by atoms with Crippen LogP contribution in [0, 0.1) is 0 Å². The van der Waals surface area contributed by atoms with E-state index in [4.69, 9.17) is 22.3 Å². The molecule has 2 rings (SSSR count). The van der Waals surface area contributed by atoms with Gasteiger partial charge in [-0.25, -0.2) is 8.42 Å². The van der Waals surface area contributed by atoms with Crippen molar-refractivity contribution in [2.24, 2.45) is 0 Å². The molecule has 18 heavy (non-hydrogen) atoms. The van der Waals surface area contributed by atoms with Gasteiger partial charge >= 0.3 is 0 Å². The van der Waals surface area contributed by atoms with E-state index in [1.165, 1.54) is 15.9 Å². The third-order valence-corrected chi connectivity index (χ3v) is 4.55. The molecule has 0 unspecified atom stereocenters. The van der Waals surface area contributed by atoms with Gasteiger partial charge in [-0.2, -0.15) is 0 Å². The van der Waals surface area contributed by atoms with E-state index in [1.54, 1.807) is 12.1 Å². The highest BCUT2D eigenvalue weighted by Gasteiger charge is 2.25. The molecule has 98 valence electrons. The molecule has 0 aliphatic carbocycles. The summed E-state index contributed by atoms with van der Waals surface area (Å²) in [6, 6.07) is 3.34. The molecular formula is C9H9Cl2N3O2S2. The Bertz CT molecular complexity index is 676. The van der Waals surface area contributed by atoms with E-state index in [1.807, 2.05) is 13.8 Å². The first-order valence-corrected chi connectivity index (χ1v) is 8.46. The molecule has 0 aromatic carbocycles.